The van der Waals surface area contributed by atoms with E-state index in [0.29, 0.717) is 22.9 Å². The van der Waals surface area contributed by atoms with Crippen LogP contribution in [0.25, 0.3) is 0 Å². The molecule has 0 spiro atoms. The van der Waals surface area contributed by atoms with E-state index in [1.165, 1.54) is 0 Å². The van der Waals surface area contributed by atoms with Gasteiger partial charge in [0.15, 0.2) is 11.5 Å². The Balaban J connectivity index is 2.16. The average molecular weight is 318 g/mol. The summed E-state index contributed by atoms with van der Waals surface area (Å²) in [5.74, 6) is 1.08. The van der Waals surface area contributed by atoms with Crippen molar-refractivity contribution in [1.82, 2.24) is 0 Å². The first-order valence-electron chi connectivity index (χ1n) is 6.94. The topological polar surface area (TPSA) is 47.6 Å². The molecule has 0 aliphatic carbocycles. The fraction of sp³-hybridized carbons (Fsp3) is 0.235. The first-order chi connectivity index (χ1) is 10.6. The number of fused-ring (bicyclic) bond motifs is 1. The van der Waals surface area contributed by atoms with Crippen molar-refractivity contribution in [3.05, 3.63) is 52.5 Å². The van der Waals surface area contributed by atoms with Crippen molar-refractivity contribution in [2.24, 2.45) is 0 Å². The van der Waals surface area contributed by atoms with Gasteiger partial charge in [0.25, 0.3) is 0 Å². The second-order valence-electron chi connectivity index (χ2n) is 5.12. The van der Waals surface area contributed by atoms with Gasteiger partial charge in [0.1, 0.15) is 0 Å². The van der Waals surface area contributed by atoms with Gasteiger partial charge in [-0.2, -0.15) is 0 Å². The van der Waals surface area contributed by atoms with E-state index in [9.17, 15) is 4.79 Å². The van der Waals surface area contributed by atoms with Gasteiger partial charge in [0.2, 0.25) is 5.91 Å². The molecular formula is C17H16ClNO3. The van der Waals surface area contributed by atoms with Crippen molar-refractivity contribution in [2.45, 2.75) is 12.3 Å². The van der Waals surface area contributed by atoms with Gasteiger partial charge in [-0.15, -0.1) is 0 Å². The van der Waals surface area contributed by atoms with Gasteiger partial charge in [-0.25, -0.2) is 0 Å². The van der Waals surface area contributed by atoms with E-state index in [4.69, 9.17) is 21.1 Å². The molecule has 0 fully saturated rings. The van der Waals surface area contributed by atoms with Crippen LogP contribution in [0.3, 0.4) is 0 Å². The Bertz CT molecular complexity index is 730. The Hall–Kier alpha value is -2.20. The van der Waals surface area contributed by atoms with Crippen LogP contribution in [0.1, 0.15) is 23.5 Å². The highest BCUT2D eigenvalue weighted by Crippen LogP contribution is 2.44. The summed E-state index contributed by atoms with van der Waals surface area (Å²) in [6.07, 6.45) is 0.353. The molecular weight excluding hydrogens is 302 g/mol. The summed E-state index contributed by atoms with van der Waals surface area (Å²) in [4.78, 5) is 12.0. The van der Waals surface area contributed by atoms with Crippen LogP contribution >= 0.6 is 11.6 Å². The highest BCUT2D eigenvalue weighted by Gasteiger charge is 2.29. The van der Waals surface area contributed by atoms with Crippen LogP contribution in [0.4, 0.5) is 5.69 Å². The van der Waals surface area contributed by atoms with Crippen molar-refractivity contribution in [1.29, 1.82) is 0 Å². The van der Waals surface area contributed by atoms with Crippen LogP contribution in [0.5, 0.6) is 11.5 Å². The van der Waals surface area contributed by atoms with Crippen LogP contribution in [0.2, 0.25) is 5.02 Å². The van der Waals surface area contributed by atoms with E-state index in [1.807, 2.05) is 30.3 Å². The summed E-state index contributed by atoms with van der Waals surface area (Å²) in [6.45, 7) is 0. The third-order valence-corrected chi connectivity index (χ3v) is 4.22. The Kier molecular flexibility index (Phi) is 3.94. The van der Waals surface area contributed by atoms with Crippen LogP contribution in [0.15, 0.2) is 36.4 Å². The zero-order valence-electron chi connectivity index (χ0n) is 12.4. The smallest absolute Gasteiger partial charge is 0.225 e. The molecule has 2 aromatic rings. The lowest BCUT2D eigenvalue weighted by Crippen LogP contribution is -2.23. The van der Waals surface area contributed by atoms with Crippen molar-refractivity contribution in [3.8, 4) is 11.5 Å². The highest BCUT2D eigenvalue weighted by molar-refractivity contribution is 6.31. The molecule has 2 aromatic carbocycles. The number of benzene rings is 2. The fourth-order valence-electron chi connectivity index (χ4n) is 2.82. The van der Waals surface area contributed by atoms with E-state index in [-0.39, 0.29) is 11.8 Å². The molecule has 1 aliphatic rings. The highest BCUT2D eigenvalue weighted by atomic mass is 35.5. The number of hydrogen-bond donors (Lipinski definition) is 1. The second kappa shape index (κ2) is 5.89. The lowest BCUT2D eigenvalue weighted by Gasteiger charge is -2.27. The Morgan fingerprint density at radius 1 is 1.09 bits per heavy atom. The van der Waals surface area contributed by atoms with Crippen molar-refractivity contribution in [3.63, 3.8) is 0 Å². The SMILES string of the molecule is COc1cc2c(cc1OC)[C@@H](c1ccccc1Cl)CC(=O)N2. The first kappa shape index (κ1) is 14.7. The third kappa shape index (κ3) is 2.50. The predicted octanol–water partition coefficient (Wildman–Crippen LogP) is 3.83. The minimum absolute atomic E-state index is 0.0374. The second-order valence-corrected chi connectivity index (χ2v) is 5.53. The van der Waals surface area contributed by atoms with E-state index in [2.05, 4.69) is 5.32 Å². The van der Waals surface area contributed by atoms with Gasteiger partial charge in [0, 0.05) is 29.1 Å². The molecule has 0 unspecified atom stereocenters. The molecule has 114 valence electrons. The maximum absolute atomic E-state index is 12.0. The summed E-state index contributed by atoms with van der Waals surface area (Å²) >= 11 is 6.32. The van der Waals surface area contributed by atoms with Crippen molar-refractivity contribution in [2.75, 3.05) is 19.5 Å². The minimum atomic E-state index is -0.0998. The number of rotatable bonds is 3. The molecule has 22 heavy (non-hydrogen) atoms. The summed E-state index contributed by atoms with van der Waals surface area (Å²) in [6, 6.07) is 11.3. The number of anilines is 1. The molecule has 4 nitrogen and oxygen atoms in total. The summed E-state index contributed by atoms with van der Waals surface area (Å²) in [7, 11) is 3.16. The predicted molar refractivity (Wildman–Crippen MR) is 86.1 cm³/mol. The molecule has 1 N–H and O–H groups in total. The Labute approximate surface area is 134 Å². The van der Waals surface area contributed by atoms with Gasteiger partial charge < -0.3 is 14.8 Å². The Morgan fingerprint density at radius 3 is 2.45 bits per heavy atom. The largest absolute Gasteiger partial charge is 0.493 e. The molecule has 3 rings (SSSR count). The zero-order chi connectivity index (χ0) is 15.7. The quantitative estimate of drug-likeness (QED) is 0.936. The number of halogens is 1. The van der Waals surface area contributed by atoms with Crippen LogP contribution in [-0.4, -0.2) is 20.1 Å². The zero-order valence-corrected chi connectivity index (χ0v) is 13.1. The number of carbonyl (C=O) groups is 1. The van der Waals surface area contributed by atoms with Gasteiger partial charge in [-0.3, -0.25) is 4.79 Å². The number of nitrogens with one attached hydrogen (secondary N) is 1. The van der Waals surface area contributed by atoms with E-state index >= 15 is 0 Å². The molecule has 5 heteroatoms. The van der Waals surface area contributed by atoms with Crippen LogP contribution in [0, 0.1) is 0 Å². The average Bonchev–Trinajstić information content (AvgIpc) is 2.53. The van der Waals surface area contributed by atoms with Gasteiger partial charge >= 0.3 is 0 Å². The molecule has 0 saturated heterocycles. The van der Waals surface area contributed by atoms with E-state index in [0.717, 1.165) is 16.8 Å². The molecule has 1 aliphatic heterocycles. The molecule has 0 saturated carbocycles. The molecule has 1 atom stereocenters. The Morgan fingerprint density at radius 2 is 1.77 bits per heavy atom. The molecule has 1 heterocycles. The summed E-state index contributed by atoms with van der Waals surface area (Å²) in [5.41, 5.74) is 2.65. The third-order valence-electron chi connectivity index (χ3n) is 3.88. The lowest BCUT2D eigenvalue weighted by molar-refractivity contribution is -0.116. The fourth-order valence-corrected chi connectivity index (χ4v) is 3.09. The molecule has 0 radical (unpaired) electrons. The van der Waals surface area contributed by atoms with E-state index in [1.54, 1.807) is 20.3 Å². The van der Waals surface area contributed by atoms with Gasteiger partial charge in [-0.1, -0.05) is 29.8 Å². The maximum Gasteiger partial charge on any atom is 0.225 e. The normalized spacial score (nSPS) is 16.7. The maximum atomic E-state index is 12.0. The van der Waals surface area contributed by atoms with Crippen molar-refractivity contribution >= 4 is 23.2 Å². The first-order valence-corrected chi connectivity index (χ1v) is 7.32. The number of carbonyl (C=O) groups excluding carboxylic acids is 1. The number of methoxy groups -OCH3 is 2. The summed E-state index contributed by atoms with van der Waals surface area (Å²) < 4.78 is 10.7. The lowest BCUT2D eigenvalue weighted by atomic mass is 9.84. The molecule has 1 amide bonds. The molecule has 0 aromatic heterocycles. The minimum Gasteiger partial charge on any atom is -0.493 e. The monoisotopic (exact) mass is 317 g/mol. The van der Waals surface area contributed by atoms with Gasteiger partial charge in [-0.05, 0) is 23.3 Å². The summed E-state index contributed by atoms with van der Waals surface area (Å²) in [5, 5.41) is 3.54. The van der Waals surface area contributed by atoms with Crippen LogP contribution < -0.4 is 14.8 Å². The standard InChI is InChI=1S/C17H16ClNO3/c1-21-15-7-12-11(10-5-3-4-6-13(10)18)8-17(20)19-14(12)9-16(15)22-2/h3-7,9,11H,8H2,1-2H3,(H,19,20)/t11-/m1/s1. The van der Waals surface area contributed by atoms with E-state index < -0.39 is 0 Å². The number of hydrogen-bond acceptors (Lipinski definition) is 3. The van der Waals surface area contributed by atoms with Crippen LogP contribution in [-0.2, 0) is 4.79 Å². The van der Waals surface area contributed by atoms with Gasteiger partial charge in [0.05, 0.1) is 14.2 Å². The molecule has 0 bridgehead atoms. The number of amides is 1. The van der Waals surface area contributed by atoms with Crippen molar-refractivity contribution < 1.29 is 14.3 Å². The number of ether oxygens (including phenoxy) is 2.